The van der Waals surface area contributed by atoms with Crippen molar-refractivity contribution in [1.29, 1.82) is 0 Å². The van der Waals surface area contributed by atoms with E-state index in [0.29, 0.717) is 0 Å². The lowest BCUT2D eigenvalue weighted by atomic mass is 9.87. The van der Waals surface area contributed by atoms with Gasteiger partial charge in [0.15, 0.2) is 0 Å². The Morgan fingerprint density at radius 1 is 0.433 bits per heavy atom. The van der Waals surface area contributed by atoms with E-state index in [4.69, 9.17) is 4.98 Å². The standard InChI is InChI=1S/C28H16N2/c1-5-17-11-12-18-6-2-9-21-23(15-19(7-1)25(17)26(18)21)24-16-20-8-3-13-29-27(20)28-22(24)10-4-14-30-28/h1-16H. The van der Waals surface area contributed by atoms with Gasteiger partial charge in [-0.05, 0) is 67.7 Å². The van der Waals surface area contributed by atoms with E-state index in [9.17, 15) is 0 Å². The molecule has 0 saturated carbocycles. The molecule has 7 aromatic rings. The summed E-state index contributed by atoms with van der Waals surface area (Å²) in [7, 11) is 0. The predicted octanol–water partition coefficient (Wildman–Crippen LogP) is 7.35. The van der Waals surface area contributed by atoms with Gasteiger partial charge in [-0.15, -0.1) is 0 Å². The number of benzene rings is 5. The Kier molecular flexibility index (Phi) is 3.03. The van der Waals surface area contributed by atoms with Crippen LogP contribution in [0.1, 0.15) is 0 Å². The molecule has 2 nitrogen and oxygen atoms in total. The number of fused-ring (bicyclic) bond motifs is 3. The molecule has 0 bridgehead atoms. The Bertz CT molecular complexity index is 1750. The van der Waals surface area contributed by atoms with Gasteiger partial charge in [0.2, 0.25) is 0 Å². The molecule has 0 radical (unpaired) electrons. The maximum absolute atomic E-state index is 4.71. The third-order valence-corrected chi connectivity index (χ3v) is 6.26. The van der Waals surface area contributed by atoms with E-state index in [2.05, 4.69) is 77.8 Å². The highest BCUT2D eigenvalue weighted by molar-refractivity contribution is 6.27. The summed E-state index contributed by atoms with van der Waals surface area (Å²) in [6.07, 6.45) is 3.69. The fraction of sp³-hybridized carbons (Fsp3) is 0. The molecule has 0 fully saturated rings. The molecule has 2 heterocycles. The smallest absolute Gasteiger partial charge is 0.0970 e. The zero-order chi connectivity index (χ0) is 19.7. The van der Waals surface area contributed by atoms with Crippen LogP contribution in [0.3, 0.4) is 0 Å². The normalized spacial score (nSPS) is 12.0. The van der Waals surface area contributed by atoms with Gasteiger partial charge in [-0.2, -0.15) is 0 Å². The Labute approximate surface area is 172 Å². The molecular formula is C28H16N2. The molecule has 0 aliphatic heterocycles. The van der Waals surface area contributed by atoms with Gasteiger partial charge in [0.1, 0.15) is 0 Å². The van der Waals surface area contributed by atoms with E-state index in [1.165, 1.54) is 43.4 Å². The fourth-order valence-corrected chi connectivity index (χ4v) is 4.98. The molecule has 0 N–H and O–H groups in total. The molecule has 0 spiro atoms. The predicted molar refractivity (Wildman–Crippen MR) is 126 cm³/mol. The summed E-state index contributed by atoms with van der Waals surface area (Å²) >= 11 is 0. The van der Waals surface area contributed by atoms with Crippen LogP contribution < -0.4 is 0 Å². The SMILES string of the molecule is c1cnc2c(c1)cc(-c1cc3cccc4ccc5cccc1c5c43)c1cccnc12. The first-order valence-electron chi connectivity index (χ1n) is 10.2. The molecule has 5 aromatic carbocycles. The van der Waals surface area contributed by atoms with E-state index in [0.717, 1.165) is 21.8 Å². The van der Waals surface area contributed by atoms with Crippen LogP contribution in [0.25, 0.3) is 65.3 Å². The van der Waals surface area contributed by atoms with Gasteiger partial charge in [-0.3, -0.25) is 9.97 Å². The monoisotopic (exact) mass is 380 g/mol. The van der Waals surface area contributed by atoms with Crippen molar-refractivity contribution >= 4 is 54.1 Å². The lowest BCUT2D eigenvalue weighted by Crippen LogP contribution is -1.91. The molecule has 0 aliphatic rings. The van der Waals surface area contributed by atoms with E-state index in [1.54, 1.807) is 0 Å². The minimum atomic E-state index is 0.953. The first-order chi connectivity index (χ1) is 14.9. The summed E-state index contributed by atoms with van der Waals surface area (Å²) in [5.41, 5.74) is 4.36. The molecule has 0 aliphatic carbocycles. The number of hydrogen-bond donors (Lipinski definition) is 0. The van der Waals surface area contributed by atoms with Crippen molar-refractivity contribution in [3.63, 3.8) is 0 Å². The van der Waals surface area contributed by atoms with Crippen LogP contribution in [0.5, 0.6) is 0 Å². The summed E-state index contributed by atoms with van der Waals surface area (Å²) in [5.74, 6) is 0. The van der Waals surface area contributed by atoms with Gasteiger partial charge in [0, 0.05) is 23.2 Å². The van der Waals surface area contributed by atoms with Gasteiger partial charge in [0.25, 0.3) is 0 Å². The average molecular weight is 380 g/mol. The van der Waals surface area contributed by atoms with Gasteiger partial charge in [0.05, 0.1) is 11.0 Å². The molecule has 30 heavy (non-hydrogen) atoms. The fourth-order valence-electron chi connectivity index (χ4n) is 4.98. The summed E-state index contributed by atoms with van der Waals surface area (Å²) < 4.78 is 0. The largest absolute Gasteiger partial charge is 0.254 e. The van der Waals surface area contributed by atoms with E-state index < -0.39 is 0 Å². The first-order valence-corrected chi connectivity index (χ1v) is 10.2. The van der Waals surface area contributed by atoms with Crippen LogP contribution in [0.15, 0.2) is 97.3 Å². The summed E-state index contributed by atoms with van der Waals surface area (Å²) in [6.45, 7) is 0. The van der Waals surface area contributed by atoms with Crippen molar-refractivity contribution in [3.05, 3.63) is 97.3 Å². The second kappa shape index (κ2) is 5.74. The molecule has 0 unspecified atom stereocenters. The third-order valence-electron chi connectivity index (χ3n) is 6.26. The van der Waals surface area contributed by atoms with Crippen LogP contribution >= 0.6 is 0 Å². The molecule has 2 aromatic heterocycles. The van der Waals surface area contributed by atoms with Crippen molar-refractivity contribution in [2.24, 2.45) is 0 Å². The van der Waals surface area contributed by atoms with Gasteiger partial charge in [-0.1, -0.05) is 60.7 Å². The second-order valence-corrected chi connectivity index (χ2v) is 7.87. The minimum Gasteiger partial charge on any atom is -0.254 e. The Morgan fingerprint density at radius 2 is 1.03 bits per heavy atom. The Morgan fingerprint density at radius 3 is 1.93 bits per heavy atom. The summed E-state index contributed by atoms with van der Waals surface area (Å²) in [4.78, 5) is 9.33. The highest BCUT2D eigenvalue weighted by Gasteiger charge is 2.16. The lowest BCUT2D eigenvalue weighted by Gasteiger charge is -2.16. The maximum Gasteiger partial charge on any atom is 0.0970 e. The van der Waals surface area contributed by atoms with Crippen molar-refractivity contribution in [2.75, 3.05) is 0 Å². The van der Waals surface area contributed by atoms with Crippen LogP contribution in [0.2, 0.25) is 0 Å². The van der Waals surface area contributed by atoms with Crippen LogP contribution in [0.4, 0.5) is 0 Å². The minimum absolute atomic E-state index is 0.953. The van der Waals surface area contributed by atoms with Gasteiger partial charge >= 0.3 is 0 Å². The molecule has 2 heteroatoms. The van der Waals surface area contributed by atoms with Crippen LogP contribution in [-0.2, 0) is 0 Å². The van der Waals surface area contributed by atoms with Crippen molar-refractivity contribution in [1.82, 2.24) is 9.97 Å². The number of aromatic nitrogens is 2. The molecule has 7 rings (SSSR count). The highest BCUT2D eigenvalue weighted by Crippen LogP contribution is 2.42. The van der Waals surface area contributed by atoms with Gasteiger partial charge in [-0.25, -0.2) is 0 Å². The number of hydrogen-bond acceptors (Lipinski definition) is 2. The van der Waals surface area contributed by atoms with E-state index >= 15 is 0 Å². The molecule has 0 saturated heterocycles. The molecule has 138 valence electrons. The molecule has 0 atom stereocenters. The Hall–Kier alpha value is -4.04. The highest BCUT2D eigenvalue weighted by atomic mass is 14.7. The van der Waals surface area contributed by atoms with E-state index in [1.807, 2.05) is 24.5 Å². The molecule has 0 amide bonds. The third kappa shape index (κ3) is 2.03. The topological polar surface area (TPSA) is 25.8 Å². The first kappa shape index (κ1) is 15.8. The quantitative estimate of drug-likeness (QED) is 0.278. The zero-order valence-electron chi connectivity index (χ0n) is 16.1. The van der Waals surface area contributed by atoms with E-state index in [-0.39, 0.29) is 0 Å². The van der Waals surface area contributed by atoms with Crippen LogP contribution in [-0.4, -0.2) is 9.97 Å². The maximum atomic E-state index is 4.71. The van der Waals surface area contributed by atoms with Gasteiger partial charge < -0.3 is 0 Å². The number of nitrogens with zero attached hydrogens (tertiary/aromatic N) is 2. The van der Waals surface area contributed by atoms with Crippen molar-refractivity contribution in [3.8, 4) is 11.1 Å². The van der Waals surface area contributed by atoms with Crippen LogP contribution in [0, 0.1) is 0 Å². The Balaban J connectivity index is 1.74. The van der Waals surface area contributed by atoms with Crippen molar-refractivity contribution < 1.29 is 0 Å². The number of pyridine rings is 2. The average Bonchev–Trinajstić information content (AvgIpc) is 2.82. The lowest BCUT2D eigenvalue weighted by molar-refractivity contribution is 1.37. The zero-order valence-corrected chi connectivity index (χ0v) is 16.1. The summed E-state index contributed by atoms with van der Waals surface area (Å²) in [6, 6.07) is 30.6. The van der Waals surface area contributed by atoms with Crippen molar-refractivity contribution in [2.45, 2.75) is 0 Å². The number of rotatable bonds is 1. The molecular weight excluding hydrogens is 364 g/mol. The summed E-state index contributed by atoms with van der Waals surface area (Å²) in [5, 5.41) is 10.1. The second-order valence-electron chi connectivity index (χ2n) is 7.87.